The first-order valence-electron chi connectivity index (χ1n) is 8.95. The normalized spacial score (nSPS) is 11.3. The summed E-state index contributed by atoms with van der Waals surface area (Å²) in [5.74, 6) is 0.616. The highest BCUT2D eigenvalue weighted by molar-refractivity contribution is 5.80. The lowest BCUT2D eigenvalue weighted by atomic mass is 10.1. The number of para-hydroxylation sites is 1. The van der Waals surface area contributed by atoms with E-state index >= 15 is 0 Å². The minimum absolute atomic E-state index is 0.0604. The van der Waals surface area contributed by atoms with Crippen LogP contribution >= 0.6 is 0 Å². The van der Waals surface area contributed by atoms with Gasteiger partial charge in [-0.15, -0.1) is 0 Å². The van der Waals surface area contributed by atoms with Gasteiger partial charge in [0.2, 0.25) is 0 Å². The van der Waals surface area contributed by atoms with E-state index in [1.54, 1.807) is 4.57 Å². The van der Waals surface area contributed by atoms with Crippen molar-refractivity contribution in [3.8, 4) is 5.69 Å². The van der Waals surface area contributed by atoms with Crippen LogP contribution in [0.3, 0.4) is 0 Å². The van der Waals surface area contributed by atoms with Gasteiger partial charge in [0.25, 0.3) is 5.56 Å². The molecule has 0 radical (unpaired) electrons. The Bertz CT molecular complexity index is 1200. The fourth-order valence-corrected chi connectivity index (χ4v) is 3.13. The lowest BCUT2D eigenvalue weighted by Crippen LogP contribution is -2.22. The molecule has 0 aliphatic rings. The van der Waals surface area contributed by atoms with Crippen molar-refractivity contribution < 1.29 is 0 Å². The highest BCUT2D eigenvalue weighted by Crippen LogP contribution is 2.16. The van der Waals surface area contributed by atoms with Crippen LogP contribution in [0, 0.1) is 13.8 Å². The number of fused-ring (bicyclic) bond motifs is 1. The number of benzene rings is 3. The maximum Gasteiger partial charge on any atom is 0.266 e. The van der Waals surface area contributed by atoms with Gasteiger partial charge in [-0.05, 0) is 55.3 Å². The molecule has 3 aromatic carbocycles. The fraction of sp³-hybridized carbons (Fsp3) is 0.0833. The molecule has 0 amide bonds. The molecular formula is C24H20N2O. The molecule has 132 valence electrons. The number of hydrogen-bond acceptors (Lipinski definition) is 2. The van der Waals surface area contributed by atoms with E-state index in [-0.39, 0.29) is 5.56 Å². The second-order valence-corrected chi connectivity index (χ2v) is 6.71. The Kier molecular flexibility index (Phi) is 4.43. The Hall–Kier alpha value is -3.46. The van der Waals surface area contributed by atoms with E-state index in [9.17, 15) is 4.79 Å². The van der Waals surface area contributed by atoms with E-state index in [2.05, 4.69) is 31.2 Å². The number of hydrogen-bond donors (Lipinski definition) is 0. The highest BCUT2D eigenvalue weighted by Gasteiger charge is 2.11. The zero-order valence-corrected chi connectivity index (χ0v) is 15.4. The highest BCUT2D eigenvalue weighted by atomic mass is 16.1. The number of aryl methyl sites for hydroxylation is 2. The second-order valence-electron chi connectivity index (χ2n) is 6.71. The first-order chi connectivity index (χ1) is 13.1. The summed E-state index contributed by atoms with van der Waals surface area (Å²) in [7, 11) is 0. The zero-order chi connectivity index (χ0) is 18.8. The van der Waals surface area contributed by atoms with Crippen molar-refractivity contribution >= 4 is 23.1 Å². The molecule has 27 heavy (non-hydrogen) atoms. The van der Waals surface area contributed by atoms with Crippen LogP contribution in [0.4, 0.5) is 0 Å². The predicted molar refractivity (Wildman–Crippen MR) is 112 cm³/mol. The van der Waals surface area contributed by atoms with E-state index in [0.717, 1.165) is 16.8 Å². The minimum atomic E-state index is -0.0604. The van der Waals surface area contributed by atoms with Gasteiger partial charge < -0.3 is 0 Å². The van der Waals surface area contributed by atoms with Crippen LogP contribution in [0.2, 0.25) is 0 Å². The van der Waals surface area contributed by atoms with Crippen molar-refractivity contribution in [1.29, 1.82) is 0 Å². The monoisotopic (exact) mass is 352 g/mol. The van der Waals surface area contributed by atoms with E-state index in [1.807, 2.05) is 67.6 Å². The van der Waals surface area contributed by atoms with Gasteiger partial charge in [-0.3, -0.25) is 9.36 Å². The van der Waals surface area contributed by atoms with Crippen molar-refractivity contribution in [2.24, 2.45) is 0 Å². The Labute approximate surface area is 158 Å². The molecule has 4 rings (SSSR count). The first-order valence-corrected chi connectivity index (χ1v) is 8.95. The third-order valence-corrected chi connectivity index (χ3v) is 4.56. The number of aromatic nitrogens is 2. The lowest BCUT2D eigenvalue weighted by molar-refractivity contribution is 0.942. The first kappa shape index (κ1) is 17.0. The van der Waals surface area contributed by atoms with Crippen LogP contribution in [0.15, 0.2) is 77.6 Å². The summed E-state index contributed by atoms with van der Waals surface area (Å²) in [4.78, 5) is 18.0. The Morgan fingerprint density at radius 3 is 2.37 bits per heavy atom. The standard InChI is InChI=1S/C24H20N2O/c1-17-10-12-19(13-11-17)14-15-23-25-22-9-4-3-8-21(22)24(27)26(23)20-7-5-6-18(2)16-20/h3-16H,1-2H3/b15-14+. The molecule has 0 atom stereocenters. The largest absolute Gasteiger partial charge is 0.268 e. The summed E-state index contributed by atoms with van der Waals surface area (Å²) >= 11 is 0. The molecule has 0 bridgehead atoms. The topological polar surface area (TPSA) is 34.9 Å². The number of nitrogens with zero attached hydrogens (tertiary/aromatic N) is 2. The van der Waals surface area contributed by atoms with Crippen LogP contribution < -0.4 is 5.56 Å². The van der Waals surface area contributed by atoms with E-state index in [0.29, 0.717) is 16.7 Å². The molecular weight excluding hydrogens is 332 g/mol. The van der Waals surface area contributed by atoms with Crippen LogP contribution in [0.25, 0.3) is 28.7 Å². The summed E-state index contributed by atoms with van der Waals surface area (Å²) in [5.41, 5.74) is 4.85. The summed E-state index contributed by atoms with van der Waals surface area (Å²) in [5, 5.41) is 0.617. The summed E-state index contributed by atoms with van der Waals surface area (Å²) < 4.78 is 1.68. The summed E-state index contributed by atoms with van der Waals surface area (Å²) in [6, 6.07) is 23.6. The van der Waals surface area contributed by atoms with Crippen LogP contribution in [-0.4, -0.2) is 9.55 Å². The third-order valence-electron chi connectivity index (χ3n) is 4.56. The molecule has 3 nitrogen and oxygen atoms in total. The smallest absolute Gasteiger partial charge is 0.266 e. The molecule has 0 saturated heterocycles. The molecule has 0 N–H and O–H groups in total. The summed E-state index contributed by atoms with van der Waals surface area (Å²) in [6.07, 6.45) is 3.89. The zero-order valence-electron chi connectivity index (χ0n) is 15.4. The Balaban J connectivity index is 1.93. The Morgan fingerprint density at radius 2 is 1.59 bits per heavy atom. The lowest BCUT2D eigenvalue weighted by Gasteiger charge is -2.12. The molecule has 0 spiro atoms. The average Bonchev–Trinajstić information content (AvgIpc) is 2.68. The molecule has 4 aromatic rings. The quantitative estimate of drug-likeness (QED) is 0.510. The molecule has 0 saturated carbocycles. The predicted octanol–water partition coefficient (Wildman–Crippen LogP) is 5.17. The van der Waals surface area contributed by atoms with Gasteiger partial charge in [0, 0.05) is 0 Å². The van der Waals surface area contributed by atoms with Gasteiger partial charge in [0.1, 0.15) is 5.82 Å². The van der Waals surface area contributed by atoms with Gasteiger partial charge in [0.05, 0.1) is 16.6 Å². The molecule has 0 aliphatic carbocycles. The molecule has 1 aromatic heterocycles. The molecule has 0 fully saturated rings. The van der Waals surface area contributed by atoms with Gasteiger partial charge in [-0.2, -0.15) is 0 Å². The van der Waals surface area contributed by atoms with Gasteiger partial charge in [-0.25, -0.2) is 4.98 Å². The van der Waals surface area contributed by atoms with E-state index < -0.39 is 0 Å². The third kappa shape index (κ3) is 3.44. The van der Waals surface area contributed by atoms with E-state index in [4.69, 9.17) is 4.98 Å². The minimum Gasteiger partial charge on any atom is -0.268 e. The van der Waals surface area contributed by atoms with Crippen LogP contribution in [-0.2, 0) is 0 Å². The molecule has 0 unspecified atom stereocenters. The molecule has 1 heterocycles. The maximum absolute atomic E-state index is 13.2. The average molecular weight is 352 g/mol. The van der Waals surface area contributed by atoms with Crippen LogP contribution in [0.5, 0.6) is 0 Å². The van der Waals surface area contributed by atoms with Crippen molar-refractivity contribution in [2.75, 3.05) is 0 Å². The number of rotatable bonds is 3. The van der Waals surface area contributed by atoms with Crippen molar-refractivity contribution in [1.82, 2.24) is 9.55 Å². The van der Waals surface area contributed by atoms with Crippen molar-refractivity contribution in [2.45, 2.75) is 13.8 Å². The van der Waals surface area contributed by atoms with Gasteiger partial charge in [-0.1, -0.05) is 60.2 Å². The fourth-order valence-electron chi connectivity index (χ4n) is 3.13. The van der Waals surface area contributed by atoms with Gasteiger partial charge in [0.15, 0.2) is 0 Å². The van der Waals surface area contributed by atoms with Crippen molar-refractivity contribution in [3.63, 3.8) is 0 Å². The van der Waals surface area contributed by atoms with E-state index in [1.165, 1.54) is 5.56 Å². The molecule has 3 heteroatoms. The van der Waals surface area contributed by atoms with Crippen LogP contribution in [0.1, 0.15) is 22.5 Å². The molecule has 0 aliphatic heterocycles. The maximum atomic E-state index is 13.2. The Morgan fingerprint density at radius 1 is 0.815 bits per heavy atom. The summed E-state index contributed by atoms with van der Waals surface area (Å²) in [6.45, 7) is 4.08. The van der Waals surface area contributed by atoms with Crippen molar-refractivity contribution in [3.05, 3.63) is 106 Å². The van der Waals surface area contributed by atoms with Gasteiger partial charge >= 0.3 is 0 Å². The second kappa shape index (κ2) is 7.04. The SMILES string of the molecule is Cc1ccc(/C=C/c2nc3ccccc3c(=O)n2-c2cccc(C)c2)cc1.